The highest BCUT2D eigenvalue weighted by molar-refractivity contribution is 14.0. The lowest BCUT2D eigenvalue weighted by atomic mass is 9.97. The fourth-order valence-corrected chi connectivity index (χ4v) is 3.05. The molecule has 2 N–H and O–H groups in total. The van der Waals surface area contributed by atoms with Gasteiger partial charge in [-0.3, -0.25) is 9.98 Å². The van der Waals surface area contributed by atoms with Crippen LogP contribution in [0.15, 0.2) is 29.4 Å². The molecule has 0 saturated carbocycles. The lowest BCUT2D eigenvalue weighted by Gasteiger charge is -2.32. The summed E-state index contributed by atoms with van der Waals surface area (Å²) in [5.41, 5.74) is 1.11. The van der Waals surface area contributed by atoms with Gasteiger partial charge in [-0.05, 0) is 56.9 Å². The smallest absolute Gasteiger partial charge is 0.190 e. The number of guanidine groups is 1. The normalized spacial score (nSPS) is 16.5. The van der Waals surface area contributed by atoms with Crippen LogP contribution in [0.5, 0.6) is 0 Å². The predicted molar refractivity (Wildman–Crippen MR) is 112 cm³/mol. The van der Waals surface area contributed by atoms with E-state index in [2.05, 4.69) is 38.5 Å². The molecular formula is C18H32IN5. The number of aromatic nitrogens is 1. The molecule has 24 heavy (non-hydrogen) atoms. The Balaban J connectivity index is 0.00000288. The largest absolute Gasteiger partial charge is 0.356 e. The molecule has 1 aromatic heterocycles. The molecule has 0 aromatic carbocycles. The molecule has 6 heteroatoms. The number of pyridine rings is 1. The van der Waals surface area contributed by atoms with Gasteiger partial charge in [-0.15, -0.1) is 24.0 Å². The van der Waals surface area contributed by atoms with E-state index in [0.29, 0.717) is 0 Å². The van der Waals surface area contributed by atoms with Gasteiger partial charge in [0.15, 0.2) is 5.96 Å². The van der Waals surface area contributed by atoms with E-state index in [1.807, 2.05) is 25.4 Å². The van der Waals surface area contributed by atoms with Gasteiger partial charge in [-0.2, -0.15) is 0 Å². The Morgan fingerprint density at radius 3 is 2.71 bits per heavy atom. The first-order valence-corrected chi connectivity index (χ1v) is 8.88. The zero-order valence-electron chi connectivity index (χ0n) is 15.0. The van der Waals surface area contributed by atoms with Crippen molar-refractivity contribution in [2.24, 2.45) is 10.9 Å². The molecule has 0 radical (unpaired) electrons. The Labute approximate surface area is 163 Å². The van der Waals surface area contributed by atoms with Gasteiger partial charge in [-0.1, -0.05) is 13.0 Å². The third-order valence-corrected chi connectivity index (χ3v) is 4.43. The van der Waals surface area contributed by atoms with Crippen molar-refractivity contribution in [2.75, 3.05) is 39.8 Å². The minimum absolute atomic E-state index is 0. The van der Waals surface area contributed by atoms with Crippen LogP contribution < -0.4 is 10.6 Å². The highest BCUT2D eigenvalue weighted by atomic mass is 127. The van der Waals surface area contributed by atoms with Crippen LogP contribution in [-0.4, -0.2) is 55.6 Å². The Bertz CT molecular complexity index is 458. The number of halogens is 1. The third-order valence-electron chi connectivity index (χ3n) is 4.43. The number of rotatable bonds is 7. The summed E-state index contributed by atoms with van der Waals surface area (Å²) in [6.07, 6.45) is 6.59. The average molecular weight is 445 g/mol. The van der Waals surface area contributed by atoms with Gasteiger partial charge >= 0.3 is 0 Å². The number of aliphatic imine (C=N–C) groups is 1. The molecule has 0 spiro atoms. The first kappa shape index (κ1) is 21.2. The van der Waals surface area contributed by atoms with Crippen LogP contribution in [0, 0.1) is 5.92 Å². The first-order chi connectivity index (χ1) is 11.3. The number of hydrogen-bond donors (Lipinski definition) is 2. The van der Waals surface area contributed by atoms with Crippen molar-refractivity contribution in [1.82, 2.24) is 20.5 Å². The maximum Gasteiger partial charge on any atom is 0.190 e. The fourth-order valence-electron chi connectivity index (χ4n) is 3.05. The molecular weight excluding hydrogens is 413 g/mol. The van der Waals surface area contributed by atoms with Crippen molar-refractivity contribution < 1.29 is 0 Å². The molecule has 1 fully saturated rings. The van der Waals surface area contributed by atoms with Crippen LogP contribution in [0.1, 0.15) is 31.9 Å². The maximum atomic E-state index is 4.34. The molecule has 1 aliphatic rings. The van der Waals surface area contributed by atoms with Crippen molar-refractivity contribution in [3.8, 4) is 0 Å². The summed E-state index contributed by atoms with van der Waals surface area (Å²) in [7, 11) is 1.83. The van der Waals surface area contributed by atoms with Crippen LogP contribution in [0.2, 0.25) is 0 Å². The first-order valence-electron chi connectivity index (χ1n) is 8.88. The molecule has 0 aliphatic carbocycles. The van der Waals surface area contributed by atoms with Gasteiger partial charge in [0.25, 0.3) is 0 Å². The van der Waals surface area contributed by atoms with Gasteiger partial charge in [0.1, 0.15) is 0 Å². The van der Waals surface area contributed by atoms with E-state index >= 15 is 0 Å². The summed E-state index contributed by atoms with van der Waals surface area (Å²) in [4.78, 5) is 11.2. The summed E-state index contributed by atoms with van der Waals surface area (Å²) in [6, 6.07) is 6.03. The second-order valence-electron chi connectivity index (χ2n) is 6.24. The van der Waals surface area contributed by atoms with E-state index < -0.39 is 0 Å². The minimum Gasteiger partial charge on any atom is -0.356 e. The van der Waals surface area contributed by atoms with Crippen molar-refractivity contribution in [3.05, 3.63) is 30.1 Å². The van der Waals surface area contributed by atoms with Gasteiger partial charge in [0.2, 0.25) is 0 Å². The van der Waals surface area contributed by atoms with Gasteiger partial charge < -0.3 is 15.5 Å². The summed E-state index contributed by atoms with van der Waals surface area (Å²) < 4.78 is 0. The standard InChI is InChI=1S/C18H31N5.HI/c1-3-12-23-13-8-16(9-14-23)15-22-18(19-2)21-11-7-17-6-4-5-10-20-17;/h4-6,10,16H,3,7-9,11-15H2,1-2H3,(H2,19,21,22);1H. The zero-order valence-corrected chi connectivity index (χ0v) is 17.3. The number of nitrogens with zero attached hydrogens (tertiary/aromatic N) is 3. The highest BCUT2D eigenvalue weighted by Gasteiger charge is 2.18. The zero-order chi connectivity index (χ0) is 16.3. The Hall–Kier alpha value is -0.890. The molecule has 136 valence electrons. The Kier molecular flexibility index (Phi) is 11.0. The monoisotopic (exact) mass is 445 g/mol. The van der Waals surface area contributed by atoms with E-state index in [4.69, 9.17) is 0 Å². The summed E-state index contributed by atoms with van der Waals surface area (Å²) >= 11 is 0. The quantitative estimate of drug-likeness (QED) is 0.385. The van der Waals surface area contributed by atoms with Crippen LogP contribution in [-0.2, 0) is 6.42 Å². The molecule has 1 aliphatic heterocycles. The molecule has 0 atom stereocenters. The van der Waals surface area contributed by atoms with Gasteiger partial charge in [0, 0.05) is 38.4 Å². The van der Waals surface area contributed by atoms with Crippen LogP contribution >= 0.6 is 24.0 Å². The molecule has 2 rings (SSSR count). The van der Waals surface area contributed by atoms with E-state index in [1.54, 1.807) is 0 Å². The molecule has 0 bridgehead atoms. The number of nitrogens with one attached hydrogen (secondary N) is 2. The molecule has 0 amide bonds. The lowest BCUT2D eigenvalue weighted by molar-refractivity contribution is 0.185. The number of piperidine rings is 1. The Morgan fingerprint density at radius 1 is 1.29 bits per heavy atom. The molecule has 1 aromatic rings. The maximum absolute atomic E-state index is 4.34. The van der Waals surface area contributed by atoms with E-state index in [0.717, 1.165) is 37.1 Å². The van der Waals surface area contributed by atoms with Crippen molar-refractivity contribution in [3.63, 3.8) is 0 Å². The second-order valence-corrected chi connectivity index (χ2v) is 6.24. The van der Waals surface area contributed by atoms with Crippen LogP contribution in [0.4, 0.5) is 0 Å². The van der Waals surface area contributed by atoms with Crippen LogP contribution in [0.25, 0.3) is 0 Å². The van der Waals surface area contributed by atoms with Gasteiger partial charge in [0.05, 0.1) is 0 Å². The molecule has 1 saturated heterocycles. The summed E-state index contributed by atoms with van der Waals surface area (Å²) in [5.74, 6) is 1.66. The topological polar surface area (TPSA) is 52.5 Å². The molecule has 2 heterocycles. The lowest BCUT2D eigenvalue weighted by Crippen LogP contribution is -2.43. The highest BCUT2D eigenvalue weighted by Crippen LogP contribution is 2.16. The Morgan fingerprint density at radius 2 is 2.08 bits per heavy atom. The SMILES string of the molecule is CCCN1CCC(CNC(=NC)NCCc2ccccn2)CC1.I. The van der Waals surface area contributed by atoms with E-state index in [9.17, 15) is 0 Å². The summed E-state index contributed by atoms with van der Waals surface area (Å²) in [5, 5.41) is 6.85. The molecule has 5 nitrogen and oxygen atoms in total. The summed E-state index contributed by atoms with van der Waals surface area (Å²) in [6.45, 7) is 7.86. The van der Waals surface area contributed by atoms with E-state index in [-0.39, 0.29) is 24.0 Å². The van der Waals surface area contributed by atoms with Crippen molar-refractivity contribution in [1.29, 1.82) is 0 Å². The van der Waals surface area contributed by atoms with E-state index in [1.165, 1.54) is 38.9 Å². The second kappa shape index (κ2) is 12.5. The predicted octanol–water partition coefficient (Wildman–Crippen LogP) is 2.53. The van der Waals surface area contributed by atoms with Gasteiger partial charge in [-0.25, -0.2) is 0 Å². The van der Waals surface area contributed by atoms with Crippen LogP contribution in [0.3, 0.4) is 0 Å². The van der Waals surface area contributed by atoms with Crippen molar-refractivity contribution in [2.45, 2.75) is 32.6 Å². The minimum atomic E-state index is 0. The average Bonchev–Trinajstić information content (AvgIpc) is 2.60. The molecule has 0 unspecified atom stereocenters. The van der Waals surface area contributed by atoms with Crippen molar-refractivity contribution >= 4 is 29.9 Å². The number of hydrogen-bond acceptors (Lipinski definition) is 3. The fraction of sp³-hybridized carbons (Fsp3) is 0.667. The third kappa shape index (κ3) is 7.79. The number of likely N-dealkylation sites (tertiary alicyclic amines) is 1.